The van der Waals surface area contributed by atoms with Crippen molar-refractivity contribution in [3.63, 3.8) is 0 Å². The highest BCUT2D eigenvalue weighted by Gasteiger charge is 2.36. The number of aryl methyl sites for hydroxylation is 1. The van der Waals surface area contributed by atoms with E-state index in [1.807, 2.05) is 12.3 Å². The molecule has 0 fully saturated rings. The van der Waals surface area contributed by atoms with E-state index in [1.54, 1.807) is 52.8 Å². The number of ketones is 1. The summed E-state index contributed by atoms with van der Waals surface area (Å²) in [5.41, 5.74) is 0.508. The van der Waals surface area contributed by atoms with Crippen LogP contribution in [0.5, 0.6) is 0 Å². The van der Waals surface area contributed by atoms with E-state index in [1.165, 1.54) is 17.4 Å². The van der Waals surface area contributed by atoms with Crippen molar-refractivity contribution in [2.75, 3.05) is 0 Å². The molecule has 0 spiro atoms. The highest BCUT2D eigenvalue weighted by atomic mass is 32.1. The van der Waals surface area contributed by atoms with Crippen molar-refractivity contribution in [1.82, 2.24) is 4.98 Å². The van der Waals surface area contributed by atoms with Gasteiger partial charge in [0.2, 0.25) is 0 Å². The Morgan fingerprint density at radius 2 is 2.00 bits per heavy atom. The maximum Gasteiger partial charge on any atom is 0.306 e. The number of rotatable bonds is 3. The molecule has 1 aromatic heterocycles. The summed E-state index contributed by atoms with van der Waals surface area (Å²) in [6.07, 6.45) is 2.51. The molecular weight excluding hydrogens is 472 g/mol. The average molecular weight is 510 g/mol. The Morgan fingerprint density at radius 3 is 2.60 bits per heavy atom. The largest absolute Gasteiger partial charge is 0.457 e. The van der Waals surface area contributed by atoms with E-state index in [-0.39, 0.29) is 43.0 Å². The number of carbonyl (C=O) groups excluding carboxylic acids is 2. The Bertz CT molecular complexity index is 980. The van der Waals surface area contributed by atoms with Gasteiger partial charge in [-0.3, -0.25) is 9.59 Å². The quantitative estimate of drug-likeness (QED) is 0.381. The molecule has 8 heteroatoms. The highest BCUT2D eigenvalue weighted by molar-refractivity contribution is 7.09. The molecule has 0 amide bonds. The van der Waals surface area contributed by atoms with Gasteiger partial charge < -0.3 is 9.84 Å². The number of carbonyl (C=O) groups is 2. The van der Waals surface area contributed by atoms with E-state index in [4.69, 9.17) is 4.74 Å². The molecular formula is C27H37F2NO4S. The van der Waals surface area contributed by atoms with E-state index in [2.05, 4.69) is 4.98 Å². The molecule has 1 N–H and O–H groups in total. The molecule has 0 unspecified atom stereocenters. The number of thiazole rings is 1. The molecule has 0 radical (unpaired) electrons. The second-order valence-electron chi connectivity index (χ2n) is 9.99. The van der Waals surface area contributed by atoms with Gasteiger partial charge in [-0.05, 0) is 43.9 Å². The molecule has 1 aromatic rings. The van der Waals surface area contributed by atoms with Crippen LogP contribution in [0.2, 0.25) is 0 Å². The topological polar surface area (TPSA) is 76.5 Å². The lowest BCUT2D eigenvalue weighted by Crippen LogP contribution is -2.38. The lowest BCUT2D eigenvalue weighted by molar-refractivity contribution is -0.148. The highest BCUT2D eigenvalue weighted by Crippen LogP contribution is 2.31. The summed E-state index contributed by atoms with van der Waals surface area (Å²) >= 11 is 1.49. The van der Waals surface area contributed by atoms with Crippen LogP contribution in [-0.4, -0.2) is 40.5 Å². The van der Waals surface area contributed by atoms with Gasteiger partial charge in [0.25, 0.3) is 6.43 Å². The van der Waals surface area contributed by atoms with Crippen LogP contribution in [0.15, 0.2) is 34.8 Å². The molecule has 1 aliphatic heterocycles. The fourth-order valence-electron chi connectivity index (χ4n) is 4.13. The number of Topliss-reactive ketones (excluding diaryl/α,β-unsaturated/α-hetero) is 1. The van der Waals surface area contributed by atoms with E-state index < -0.39 is 35.9 Å². The zero-order valence-electron chi connectivity index (χ0n) is 21.4. The summed E-state index contributed by atoms with van der Waals surface area (Å²) < 4.78 is 33.1. The number of ether oxygens (including phenoxy) is 1. The Balaban J connectivity index is 2.40. The van der Waals surface area contributed by atoms with Gasteiger partial charge in [-0.2, -0.15) is 0 Å². The third kappa shape index (κ3) is 8.46. The Morgan fingerprint density at radius 1 is 1.31 bits per heavy atom. The number of cyclic esters (lactones) is 1. The van der Waals surface area contributed by atoms with Gasteiger partial charge in [0.05, 0.1) is 16.8 Å². The number of halogens is 2. The molecule has 194 valence electrons. The summed E-state index contributed by atoms with van der Waals surface area (Å²) in [4.78, 5) is 30.2. The SMILES string of the molecule is C/C(=C\c1csc(C)n1)[C@@H]1C/C=C(/C(F)F)C/C=C/[C@H](C)[C@H](O)[C@@H](C)C(=O)C(C)(C)CCC(=O)O1. The average Bonchev–Trinajstić information content (AvgIpc) is 3.20. The van der Waals surface area contributed by atoms with Crippen molar-refractivity contribution in [2.24, 2.45) is 17.3 Å². The van der Waals surface area contributed by atoms with Crippen LogP contribution in [0.1, 0.15) is 71.0 Å². The van der Waals surface area contributed by atoms with Crippen molar-refractivity contribution in [3.05, 3.63) is 45.5 Å². The number of allylic oxidation sites excluding steroid dienone is 2. The number of nitrogens with zero attached hydrogens (tertiary/aromatic N) is 1. The molecule has 4 atom stereocenters. The molecule has 0 bridgehead atoms. The van der Waals surface area contributed by atoms with Crippen molar-refractivity contribution in [2.45, 2.75) is 85.9 Å². The van der Waals surface area contributed by atoms with Crippen molar-refractivity contribution >= 4 is 29.2 Å². The molecule has 5 nitrogen and oxygen atoms in total. The van der Waals surface area contributed by atoms with Gasteiger partial charge in [-0.25, -0.2) is 13.8 Å². The van der Waals surface area contributed by atoms with E-state index >= 15 is 0 Å². The van der Waals surface area contributed by atoms with E-state index in [9.17, 15) is 23.5 Å². The second-order valence-corrected chi connectivity index (χ2v) is 11.1. The van der Waals surface area contributed by atoms with Crippen LogP contribution < -0.4 is 0 Å². The summed E-state index contributed by atoms with van der Waals surface area (Å²) in [6.45, 7) is 10.6. The first-order chi connectivity index (χ1) is 16.3. The first-order valence-corrected chi connectivity index (χ1v) is 12.9. The molecule has 0 aromatic carbocycles. The number of hydrogen-bond donors (Lipinski definition) is 1. The normalized spacial score (nSPS) is 30.0. The second kappa shape index (κ2) is 12.7. The molecule has 0 saturated heterocycles. The van der Waals surface area contributed by atoms with Crippen LogP contribution in [0, 0.1) is 24.2 Å². The lowest BCUT2D eigenvalue weighted by atomic mass is 9.75. The number of hydrogen-bond acceptors (Lipinski definition) is 6. The van der Waals surface area contributed by atoms with Crippen molar-refractivity contribution in [3.8, 4) is 0 Å². The number of alkyl halides is 2. The fraction of sp³-hybridized carbons (Fsp3) is 0.593. The summed E-state index contributed by atoms with van der Waals surface area (Å²) in [7, 11) is 0. The number of aliphatic hydroxyl groups is 1. The third-order valence-corrected chi connectivity index (χ3v) is 7.34. The zero-order valence-corrected chi connectivity index (χ0v) is 22.2. The van der Waals surface area contributed by atoms with Gasteiger partial charge in [-0.15, -0.1) is 11.3 Å². The minimum atomic E-state index is -2.66. The van der Waals surface area contributed by atoms with Crippen LogP contribution >= 0.6 is 11.3 Å². The monoisotopic (exact) mass is 509 g/mol. The number of esters is 1. The van der Waals surface area contributed by atoms with Gasteiger partial charge in [-0.1, -0.05) is 45.9 Å². The lowest BCUT2D eigenvalue weighted by Gasteiger charge is -2.30. The number of aromatic nitrogens is 1. The van der Waals surface area contributed by atoms with Crippen LogP contribution in [-0.2, 0) is 14.3 Å². The molecule has 2 heterocycles. The smallest absolute Gasteiger partial charge is 0.306 e. The van der Waals surface area contributed by atoms with E-state index in [0.717, 1.165) is 10.7 Å². The molecule has 0 aliphatic carbocycles. The first-order valence-electron chi connectivity index (χ1n) is 12.0. The van der Waals surface area contributed by atoms with Crippen molar-refractivity contribution in [1.29, 1.82) is 0 Å². The fourth-order valence-corrected chi connectivity index (χ4v) is 4.70. The Kier molecular flexibility index (Phi) is 10.5. The minimum Gasteiger partial charge on any atom is -0.457 e. The molecule has 1 aliphatic rings. The van der Waals surface area contributed by atoms with Gasteiger partial charge in [0.1, 0.15) is 11.9 Å². The Labute approximate surface area is 211 Å². The molecule has 2 rings (SSSR count). The Hall–Kier alpha value is -2.19. The van der Waals surface area contributed by atoms with E-state index in [0.29, 0.717) is 5.57 Å². The van der Waals surface area contributed by atoms with Gasteiger partial charge in [0.15, 0.2) is 0 Å². The maximum absolute atomic E-state index is 13.7. The summed E-state index contributed by atoms with van der Waals surface area (Å²) in [5.74, 6) is -1.71. The summed E-state index contributed by atoms with van der Waals surface area (Å²) in [6, 6.07) is 0. The maximum atomic E-state index is 13.7. The minimum absolute atomic E-state index is 0.00200. The molecule has 0 saturated carbocycles. The standard InChI is InChI=1S/C27H37F2NO4S/c1-16-8-7-9-20(26(28)29)10-11-22(17(2)14-21-15-35-19(4)30-21)34-23(31)12-13-27(5,6)25(33)18(3)24(16)32/h7-8,10,14-16,18,22,24,26,32H,9,11-13H2,1-6H3/b8-7+,17-14+,20-10+/t16-,18+,22-,24-/m0/s1. The first kappa shape index (κ1) is 29.0. The van der Waals surface area contributed by atoms with Crippen LogP contribution in [0.3, 0.4) is 0 Å². The zero-order chi connectivity index (χ0) is 26.3. The van der Waals surface area contributed by atoms with Crippen LogP contribution in [0.25, 0.3) is 6.08 Å². The third-order valence-electron chi connectivity index (χ3n) is 6.55. The van der Waals surface area contributed by atoms with Gasteiger partial charge in [0, 0.05) is 35.5 Å². The number of aliphatic hydroxyl groups excluding tert-OH is 1. The van der Waals surface area contributed by atoms with Crippen molar-refractivity contribution < 1.29 is 28.2 Å². The van der Waals surface area contributed by atoms with Crippen LogP contribution in [0.4, 0.5) is 8.78 Å². The summed E-state index contributed by atoms with van der Waals surface area (Å²) in [5, 5.41) is 13.4. The molecule has 35 heavy (non-hydrogen) atoms. The predicted octanol–water partition coefficient (Wildman–Crippen LogP) is 6.32. The predicted molar refractivity (Wildman–Crippen MR) is 135 cm³/mol. The van der Waals surface area contributed by atoms with Gasteiger partial charge >= 0.3 is 5.97 Å².